The van der Waals surface area contributed by atoms with Crippen LogP contribution in [0.4, 0.5) is 0 Å². The highest BCUT2D eigenvalue weighted by Gasteiger charge is 2.00. The van der Waals surface area contributed by atoms with Gasteiger partial charge < -0.3 is 9.47 Å². The van der Waals surface area contributed by atoms with E-state index in [4.69, 9.17) is 9.47 Å². The van der Waals surface area contributed by atoms with E-state index in [1.54, 1.807) is 7.11 Å². The molecule has 0 aliphatic carbocycles. The van der Waals surface area contributed by atoms with Crippen LogP contribution in [0.15, 0.2) is 18.2 Å². The Kier molecular flexibility index (Phi) is 3.62. The van der Waals surface area contributed by atoms with Gasteiger partial charge in [-0.15, -0.1) is 0 Å². The molecule has 1 rings (SSSR count). The fourth-order valence-electron chi connectivity index (χ4n) is 1.07. The average molecular weight is 180 g/mol. The molecule has 0 heterocycles. The topological polar surface area (TPSA) is 18.5 Å². The van der Waals surface area contributed by atoms with Crippen molar-refractivity contribution in [1.82, 2.24) is 0 Å². The number of hydrogen-bond acceptors (Lipinski definition) is 2. The average Bonchev–Trinajstić information content (AvgIpc) is 2.17. The van der Waals surface area contributed by atoms with Crippen molar-refractivity contribution in [2.45, 2.75) is 20.3 Å². The molecular weight excluding hydrogens is 164 g/mol. The van der Waals surface area contributed by atoms with E-state index in [0.29, 0.717) is 0 Å². The molecule has 0 radical (unpaired) electrons. The zero-order valence-electron chi connectivity index (χ0n) is 8.46. The van der Waals surface area contributed by atoms with Crippen molar-refractivity contribution < 1.29 is 9.47 Å². The highest BCUT2D eigenvalue weighted by Crippen LogP contribution is 2.23. The number of benzene rings is 1. The van der Waals surface area contributed by atoms with Gasteiger partial charge >= 0.3 is 0 Å². The maximum absolute atomic E-state index is 5.55. The zero-order chi connectivity index (χ0) is 9.68. The Labute approximate surface area is 79.5 Å². The summed E-state index contributed by atoms with van der Waals surface area (Å²) in [6.45, 7) is 4.88. The van der Waals surface area contributed by atoms with Crippen LogP contribution in [0.5, 0.6) is 11.5 Å². The second-order valence-electron chi connectivity index (χ2n) is 2.98. The normalized spacial score (nSPS) is 9.77. The molecule has 0 aromatic heterocycles. The van der Waals surface area contributed by atoms with E-state index in [1.165, 1.54) is 0 Å². The van der Waals surface area contributed by atoms with Gasteiger partial charge in [0.2, 0.25) is 0 Å². The minimum absolute atomic E-state index is 0.758. The molecule has 0 atom stereocenters. The maximum atomic E-state index is 5.55. The first-order valence-electron chi connectivity index (χ1n) is 4.55. The molecule has 2 heteroatoms. The van der Waals surface area contributed by atoms with Crippen LogP contribution in [0.2, 0.25) is 0 Å². The fraction of sp³-hybridized carbons (Fsp3) is 0.455. The van der Waals surface area contributed by atoms with Crippen molar-refractivity contribution in [2.24, 2.45) is 0 Å². The Hall–Kier alpha value is -1.18. The van der Waals surface area contributed by atoms with Crippen LogP contribution in [0.3, 0.4) is 0 Å². The molecule has 0 saturated heterocycles. The third-order valence-corrected chi connectivity index (χ3v) is 1.86. The molecule has 0 aliphatic heterocycles. The van der Waals surface area contributed by atoms with Gasteiger partial charge in [0.25, 0.3) is 0 Å². The van der Waals surface area contributed by atoms with E-state index < -0.39 is 0 Å². The SMILES string of the molecule is CCCOc1cc(OC)ccc1C. The summed E-state index contributed by atoms with van der Waals surface area (Å²) in [5, 5.41) is 0. The summed E-state index contributed by atoms with van der Waals surface area (Å²) in [6.07, 6.45) is 1.02. The minimum atomic E-state index is 0.758. The van der Waals surface area contributed by atoms with Gasteiger partial charge in [-0.3, -0.25) is 0 Å². The van der Waals surface area contributed by atoms with Crippen molar-refractivity contribution in [3.63, 3.8) is 0 Å². The van der Waals surface area contributed by atoms with Gasteiger partial charge in [0.1, 0.15) is 11.5 Å². The Morgan fingerprint density at radius 1 is 1.31 bits per heavy atom. The summed E-state index contributed by atoms with van der Waals surface area (Å²) in [6, 6.07) is 5.86. The van der Waals surface area contributed by atoms with Crippen LogP contribution in [0, 0.1) is 6.92 Å². The van der Waals surface area contributed by atoms with E-state index in [-0.39, 0.29) is 0 Å². The van der Waals surface area contributed by atoms with Crippen LogP contribution in [0.25, 0.3) is 0 Å². The van der Waals surface area contributed by atoms with Gasteiger partial charge in [-0.25, -0.2) is 0 Å². The van der Waals surface area contributed by atoms with Crippen LogP contribution < -0.4 is 9.47 Å². The van der Waals surface area contributed by atoms with Gasteiger partial charge in [-0.2, -0.15) is 0 Å². The highest BCUT2D eigenvalue weighted by atomic mass is 16.5. The molecule has 1 aromatic rings. The summed E-state index contributed by atoms with van der Waals surface area (Å²) in [5.41, 5.74) is 1.15. The lowest BCUT2D eigenvalue weighted by Crippen LogP contribution is -1.97. The predicted molar refractivity (Wildman–Crippen MR) is 53.5 cm³/mol. The highest BCUT2D eigenvalue weighted by molar-refractivity contribution is 5.39. The zero-order valence-corrected chi connectivity index (χ0v) is 8.46. The second kappa shape index (κ2) is 4.75. The summed E-state index contributed by atoms with van der Waals surface area (Å²) < 4.78 is 10.7. The van der Waals surface area contributed by atoms with Crippen LogP contribution in [-0.4, -0.2) is 13.7 Å². The second-order valence-corrected chi connectivity index (χ2v) is 2.98. The smallest absolute Gasteiger partial charge is 0.125 e. The summed E-state index contributed by atoms with van der Waals surface area (Å²) in [4.78, 5) is 0. The predicted octanol–water partition coefficient (Wildman–Crippen LogP) is 2.79. The molecule has 72 valence electrons. The van der Waals surface area contributed by atoms with Gasteiger partial charge in [0, 0.05) is 6.07 Å². The van der Waals surface area contributed by atoms with E-state index in [9.17, 15) is 0 Å². The molecular formula is C11H16O2. The standard InChI is InChI=1S/C11H16O2/c1-4-7-13-11-8-10(12-3)6-5-9(11)2/h5-6,8H,4,7H2,1-3H3. The fourth-order valence-corrected chi connectivity index (χ4v) is 1.07. The Morgan fingerprint density at radius 3 is 2.69 bits per heavy atom. The molecule has 0 N–H and O–H groups in total. The lowest BCUT2D eigenvalue weighted by Gasteiger charge is -2.09. The number of ether oxygens (including phenoxy) is 2. The van der Waals surface area contributed by atoms with Crippen molar-refractivity contribution in [2.75, 3.05) is 13.7 Å². The van der Waals surface area contributed by atoms with E-state index in [1.807, 2.05) is 25.1 Å². The molecule has 0 fully saturated rings. The molecule has 1 aromatic carbocycles. The monoisotopic (exact) mass is 180 g/mol. The Balaban J connectivity index is 2.78. The third kappa shape index (κ3) is 2.65. The van der Waals surface area contributed by atoms with Gasteiger partial charge in [-0.1, -0.05) is 13.0 Å². The molecule has 13 heavy (non-hydrogen) atoms. The van der Waals surface area contributed by atoms with Crippen molar-refractivity contribution in [1.29, 1.82) is 0 Å². The molecule has 0 bridgehead atoms. The third-order valence-electron chi connectivity index (χ3n) is 1.86. The first-order valence-corrected chi connectivity index (χ1v) is 4.55. The lowest BCUT2D eigenvalue weighted by molar-refractivity contribution is 0.312. The van der Waals surface area contributed by atoms with Crippen molar-refractivity contribution >= 4 is 0 Å². The summed E-state index contributed by atoms with van der Waals surface area (Å²) >= 11 is 0. The van der Waals surface area contributed by atoms with Crippen molar-refractivity contribution in [3.05, 3.63) is 23.8 Å². The number of rotatable bonds is 4. The first-order chi connectivity index (χ1) is 6.27. The number of hydrogen-bond donors (Lipinski definition) is 0. The minimum Gasteiger partial charge on any atom is -0.497 e. The van der Waals surface area contributed by atoms with Crippen LogP contribution in [-0.2, 0) is 0 Å². The molecule has 0 spiro atoms. The number of aryl methyl sites for hydroxylation is 1. The van der Waals surface area contributed by atoms with Crippen molar-refractivity contribution in [3.8, 4) is 11.5 Å². The van der Waals surface area contributed by atoms with E-state index >= 15 is 0 Å². The molecule has 0 amide bonds. The largest absolute Gasteiger partial charge is 0.497 e. The molecule has 0 aliphatic rings. The number of methoxy groups -OCH3 is 1. The molecule has 0 unspecified atom stereocenters. The van der Waals surface area contributed by atoms with E-state index in [0.717, 1.165) is 30.1 Å². The van der Waals surface area contributed by atoms with Gasteiger partial charge in [-0.05, 0) is 25.0 Å². The van der Waals surface area contributed by atoms with E-state index in [2.05, 4.69) is 6.92 Å². The lowest BCUT2D eigenvalue weighted by atomic mass is 10.2. The van der Waals surface area contributed by atoms with Gasteiger partial charge in [0.05, 0.1) is 13.7 Å². The summed E-state index contributed by atoms with van der Waals surface area (Å²) in [5.74, 6) is 1.76. The van der Waals surface area contributed by atoms with Crippen LogP contribution >= 0.6 is 0 Å². The summed E-state index contributed by atoms with van der Waals surface area (Å²) in [7, 11) is 1.66. The Morgan fingerprint density at radius 2 is 2.08 bits per heavy atom. The van der Waals surface area contributed by atoms with Crippen LogP contribution in [0.1, 0.15) is 18.9 Å². The first kappa shape index (κ1) is 9.90. The quantitative estimate of drug-likeness (QED) is 0.709. The maximum Gasteiger partial charge on any atom is 0.125 e. The molecule has 2 nitrogen and oxygen atoms in total. The Bertz CT molecular complexity index is 269. The van der Waals surface area contributed by atoms with Gasteiger partial charge in [0.15, 0.2) is 0 Å². The molecule has 0 saturated carbocycles.